The third kappa shape index (κ3) is 4.17. The highest BCUT2D eigenvalue weighted by Crippen LogP contribution is 2.20. The lowest BCUT2D eigenvalue weighted by molar-refractivity contribution is -0.144. The summed E-state index contributed by atoms with van der Waals surface area (Å²) in [6, 6.07) is -0.249. The van der Waals surface area contributed by atoms with E-state index < -0.39 is 0 Å². The average molecular weight is 366 g/mol. The molecular formula is C18H30N4O4. The molecule has 3 fully saturated rings. The molecule has 3 amide bonds. The lowest BCUT2D eigenvalue weighted by Gasteiger charge is -2.40. The Morgan fingerprint density at radius 3 is 2.35 bits per heavy atom. The number of hydrogen-bond donors (Lipinski definition) is 1. The van der Waals surface area contributed by atoms with E-state index in [4.69, 9.17) is 10.5 Å². The van der Waals surface area contributed by atoms with Crippen molar-refractivity contribution in [2.75, 3.05) is 45.9 Å². The number of carbonyl (C=O) groups excluding carboxylic acids is 3. The zero-order valence-electron chi connectivity index (χ0n) is 15.6. The molecule has 26 heavy (non-hydrogen) atoms. The molecule has 8 heteroatoms. The fourth-order valence-corrected chi connectivity index (χ4v) is 4.14. The van der Waals surface area contributed by atoms with Gasteiger partial charge in [0.05, 0.1) is 12.0 Å². The van der Waals surface area contributed by atoms with Crippen molar-refractivity contribution in [1.82, 2.24) is 14.7 Å². The van der Waals surface area contributed by atoms with Gasteiger partial charge in [0.15, 0.2) is 0 Å². The maximum absolute atomic E-state index is 12.8. The van der Waals surface area contributed by atoms with Crippen molar-refractivity contribution >= 4 is 17.7 Å². The summed E-state index contributed by atoms with van der Waals surface area (Å²) in [5.74, 6) is -0.423. The molecule has 3 rings (SSSR count). The van der Waals surface area contributed by atoms with Gasteiger partial charge in [-0.2, -0.15) is 0 Å². The van der Waals surface area contributed by atoms with Crippen LogP contribution in [0, 0.1) is 5.92 Å². The minimum atomic E-state index is -0.323. The van der Waals surface area contributed by atoms with Gasteiger partial charge >= 0.3 is 0 Å². The number of amides is 3. The second-order valence-electron chi connectivity index (χ2n) is 7.56. The van der Waals surface area contributed by atoms with Crippen LogP contribution < -0.4 is 5.73 Å². The molecular weight excluding hydrogens is 336 g/mol. The fourth-order valence-electron chi connectivity index (χ4n) is 4.14. The van der Waals surface area contributed by atoms with Crippen LogP contribution in [0.4, 0.5) is 0 Å². The Bertz CT molecular complexity index is 541. The van der Waals surface area contributed by atoms with Crippen molar-refractivity contribution in [3.05, 3.63) is 0 Å². The van der Waals surface area contributed by atoms with E-state index in [1.54, 1.807) is 4.90 Å². The van der Waals surface area contributed by atoms with Crippen LogP contribution in [0.1, 0.15) is 32.6 Å². The van der Waals surface area contributed by atoms with Crippen LogP contribution >= 0.6 is 0 Å². The number of rotatable bonds is 4. The minimum Gasteiger partial charge on any atom is -0.369 e. The molecule has 0 aromatic carbocycles. The highest BCUT2D eigenvalue weighted by atomic mass is 16.5. The van der Waals surface area contributed by atoms with Crippen molar-refractivity contribution in [1.29, 1.82) is 0 Å². The predicted molar refractivity (Wildman–Crippen MR) is 95.1 cm³/mol. The van der Waals surface area contributed by atoms with E-state index in [2.05, 4.69) is 4.90 Å². The lowest BCUT2D eigenvalue weighted by atomic mass is 9.97. The molecule has 0 saturated carbocycles. The van der Waals surface area contributed by atoms with Crippen LogP contribution in [0.15, 0.2) is 0 Å². The summed E-state index contributed by atoms with van der Waals surface area (Å²) in [6.07, 6.45) is 3.06. The fraction of sp³-hybridized carbons (Fsp3) is 0.833. The molecule has 146 valence electrons. The second-order valence-corrected chi connectivity index (χ2v) is 7.56. The number of carbonyl (C=O) groups is 3. The van der Waals surface area contributed by atoms with E-state index in [1.165, 1.54) is 0 Å². The molecule has 0 aromatic rings. The lowest BCUT2D eigenvalue weighted by Crippen LogP contribution is -2.57. The van der Waals surface area contributed by atoms with Gasteiger partial charge in [0.1, 0.15) is 6.10 Å². The maximum atomic E-state index is 12.8. The molecule has 2 N–H and O–H groups in total. The van der Waals surface area contributed by atoms with Gasteiger partial charge in [0.2, 0.25) is 11.8 Å². The zero-order valence-corrected chi connectivity index (χ0v) is 15.6. The zero-order chi connectivity index (χ0) is 18.7. The van der Waals surface area contributed by atoms with Crippen LogP contribution in [0.2, 0.25) is 0 Å². The summed E-state index contributed by atoms with van der Waals surface area (Å²) in [5, 5.41) is 0. The number of nitrogens with two attached hydrogens (primary N) is 1. The molecule has 3 atom stereocenters. The Hall–Kier alpha value is -1.67. The maximum Gasteiger partial charge on any atom is 0.251 e. The normalized spacial score (nSPS) is 28.8. The van der Waals surface area contributed by atoms with Crippen molar-refractivity contribution < 1.29 is 19.1 Å². The number of nitrogens with zero attached hydrogens (tertiary/aromatic N) is 3. The monoisotopic (exact) mass is 366 g/mol. The molecule has 0 spiro atoms. The Balaban J connectivity index is 1.49. The first kappa shape index (κ1) is 19.1. The van der Waals surface area contributed by atoms with Gasteiger partial charge in [-0.25, -0.2) is 0 Å². The highest BCUT2D eigenvalue weighted by Gasteiger charge is 2.35. The molecule has 0 aromatic heterocycles. The third-order valence-electron chi connectivity index (χ3n) is 5.87. The topological polar surface area (TPSA) is 96.2 Å². The standard InChI is InChI=1S/C18H30N4O4/c1-13(17(24)22-6-2-4-14(12-22)16(19)23)20-7-9-21(10-8-20)18(25)15-5-3-11-26-15/h13-15H,2-12H2,1H3,(H2,19,23). The van der Waals surface area contributed by atoms with E-state index in [1.807, 2.05) is 11.8 Å². The summed E-state index contributed by atoms with van der Waals surface area (Å²) in [7, 11) is 0. The van der Waals surface area contributed by atoms with Gasteiger partial charge in [0, 0.05) is 45.9 Å². The molecule has 0 aliphatic carbocycles. The Kier molecular flexibility index (Phi) is 6.13. The third-order valence-corrected chi connectivity index (χ3v) is 5.87. The van der Waals surface area contributed by atoms with Crippen LogP contribution in [-0.2, 0) is 19.1 Å². The number of hydrogen-bond acceptors (Lipinski definition) is 5. The minimum absolute atomic E-state index is 0.0508. The van der Waals surface area contributed by atoms with Gasteiger partial charge in [-0.1, -0.05) is 0 Å². The van der Waals surface area contributed by atoms with E-state index in [-0.39, 0.29) is 35.8 Å². The Morgan fingerprint density at radius 1 is 1.00 bits per heavy atom. The second kappa shape index (κ2) is 8.35. The molecule has 3 aliphatic rings. The Morgan fingerprint density at radius 2 is 1.73 bits per heavy atom. The smallest absolute Gasteiger partial charge is 0.251 e. The van der Waals surface area contributed by atoms with Crippen LogP contribution in [0.25, 0.3) is 0 Å². The summed E-state index contributed by atoms with van der Waals surface area (Å²) < 4.78 is 5.49. The predicted octanol–water partition coefficient (Wildman–Crippen LogP) is -0.578. The van der Waals surface area contributed by atoms with Gasteiger partial charge in [0.25, 0.3) is 5.91 Å². The first-order chi connectivity index (χ1) is 12.5. The number of piperazine rings is 1. The van der Waals surface area contributed by atoms with Gasteiger partial charge in [-0.3, -0.25) is 19.3 Å². The van der Waals surface area contributed by atoms with E-state index in [9.17, 15) is 14.4 Å². The quantitative estimate of drug-likeness (QED) is 0.718. The number of ether oxygens (including phenoxy) is 1. The van der Waals surface area contributed by atoms with E-state index in [0.717, 1.165) is 25.7 Å². The molecule has 8 nitrogen and oxygen atoms in total. The summed E-state index contributed by atoms with van der Waals surface area (Å²) in [4.78, 5) is 42.4. The highest BCUT2D eigenvalue weighted by molar-refractivity contribution is 5.83. The van der Waals surface area contributed by atoms with Gasteiger partial charge < -0.3 is 20.3 Å². The van der Waals surface area contributed by atoms with E-state index >= 15 is 0 Å². The number of primary amides is 1. The summed E-state index contributed by atoms with van der Waals surface area (Å²) >= 11 is 0. The molecule has 3 saturated heterocycles. The van der Waals surface area contributed by atoms with Gasteiger partial charge in [-0.05, 0) is 32.6 Å². The van der Waals surface area contributed by atoms with Crippen molar-refractivity contribution in [2.45, 2.75) is 44.8 Å². The van der Waals surface area contributed by atoms with Gasteiger partial charge in [-0.15, -0.1) is 0 Å². The number of likely N-dealkylation sites (tertiary alicyclic amines) is 1. The molecule has 3 heterocycles. The summed E-state index contributed by atoms with van der Waals surface area (Å²) in [6.45, 7) is 6.30. The van der Waals surface area contributed by atoms with E-state index in [0.29, 0.717) is 45.9 Å². The summed E-state index contributed by atoms with van der Waals surface area (Å²) in [5.41, 5.74) is 5.41. The molecule has 0 bridgehead atoms. The average Bonchev–Trinajstić information content (AvgIpc) is 3.21. The Labute approximate surface area is 154 Å². The van der Waals surface area contributed by atoms with Crippen LogP contribution in [-0.4, -0.2) is 90.4 Å². The van der Waals surface area contributed by atoms with Crippen LogP contribution in [0.5, 0.6) is 0 Å². The first-order valence-corrected chi connectivity index (χ1v) is 9.70. The van der Waals surface area contributed by atoms with Crippen molar-refractivity contribution in [3.8, 4) is 0 Å². The van der Waals surface area contributed by atoms with Crippen molar-refractivity contribution in [2.24, 2.45) is 11.7 Å². The molecule has 3 aliphatic heterocycles. The number of piperidine rings is 1. The largest absolute Gasteiger partial charge is 0.369 e. The first-order valence-electron chi connectivity index (χ1n) is 9.70. The molecule has 0 radical (unpaired) electrons. The van der Waals surface area contributed by atoms with Crippen LogP contribution in [0.3, 0.4) is 0 Å². The SMILES string of the molecule is CC(C(=O)N1CCCC(C(N)=O)C1)N1CCN(C(=O)C2CCCO2)CC1. The van der Waals surface area contributed by atoms with Crippen molar-refractivity contribution in [3.63, 3.8) is 0 Å². The molecule has 3 unspecified atom stereocenters.